The summed E-state index contributed by atoms with van der Waals surface area (Å²) in [5.41, 5.74) is -0.805. The van der Waals surface area contributed by atoms with Gasteiger partial charge in [-0.1, -0.05) is 0 Å². The van der Waals surface area contributed by atoms with E-state index in [1.165, 1.54) is 13.4 Å². The summed E-state index contributed by atoms with van der Waals surface area (Å²) in [6.45, 7) is 5.11. The van der Waals surface area contributed by atoms with Crippen molar-refractivity contribution in [2.24, 2.45) is 5.41 Å². The first kappa shape index (κ1) is 14.1. The molecule has 18 heavy (non-hydrogen) atoms. The Hall–Kier alpha value is -1.99. The Kier molecular flexibility index (Phi) is 4.35. The number of rotatable bonds is 5. The van der Waals surface area contributed by atoms with Gasteiger partial charge in [-0.15, -0.1) is 10.2 Å². The summed E-state index contributed by atoms with van der Waals surface area (Å²) in [4.78, 5) is 24.4. The van der Waals surface area contributed by atoms with Crippen LogP contribution in [0.2, 0.25) is 0 Å². The number of methoxy groups -OCH3 is 1. The highest BCUT2D eigenvalue weighted by Crippen LogP contribution is 2.22. The minimum Gasteiger partial charge on any atom is -0.469 e. The molecule has 1 rings (SSSR count). The summed E-state index contributed by atoms with van der Waals surface area (Å²) in [7, 11) is 1.32. The molecule has 8 heteroatoms. The number of hydrogen-bond donors (Lipinski definition) is 1. The summed E-state index contributed by atoms with van der Waals surface area (Å²) in [5, 5.41) is 13.5. The lowest BCUT2D eigenvalue weighted by molar-refractivity contribution is -0.152. The van der Waals surface area contributed by atoms with Crippen LogP contribution in [0.4, 0.5) is 0 Å². The molecule has 0 saturated carbocycles. The number of nitrogens with zero attached hydrogens (tertiary/aromatic N) is 4. The molecule has 100 valence electrons. The molecule has 0 unspecified atom stereocenters. The molecule has 0 aliphatic heterocycles. The zero-order valence-corrected chi connectivity index (χ0v) is 10.9. The topological polar surface area (TPSA) is 99.0 Å². The van der Waals surface area contributed by atoms with Crippen molar-refractivity contribution < 1.29 is 14.3 Å². The van der Waals surface area contributed by atoms with E-state index in [0.717, 1.165) is 4.80 Å². The minimum atomic E-state index is -0.805. The van der Waals surface area contributed by atoms with Crippen molar-refractivity contribution in [1.29, 1.82) is 0 Å². The molecule has 0 aliphatic carbocycles. The zero-order chi connectivity index (χ0) is 13.8. The van der Waals surface area contributed by atoms with Crippen LogP contribution in [0.25, 0.3) is 0 Å². The minimum absolute atomic E-state index is 0.0401. The molecule has 0 spiro atoms. The second-order valence-electron chi connectivity index (χ2n) is 4.47. The average molecular weight is 255 g/mol. The Morgan fingerprint density at radius 2 is 2.17 bits per heavy atom. The van der Waals surface area contributed by atoms with Crippen LogP contribution in [0.3, 0.4) is 0 Å². The largest absolute Gasteiger partial charge is 0.469 e. The van der Waals surface area contributed by atoms with Gasteiger partial charge >= 0.3 is 5.97 Å². The Morgan fingerprint density at radius 3 is 2.67 bits per heavy atom. The fourth-order valence-electron chi connectivity index (χ4n) is 1.30. The molecule has 1 aromatic heterocycles. The van der Waals surface area contributed by atoms with E-state index >= 15 is 0 Å². The Bertz CT molecular complexity index is 415. The molecule has 0 aliphatic rings. The van der Waals surface area contributed by atoms with E-state index in [2.05, 4.69) is 20.7 Å². The maximum atomic E-state index is 11.7. The summed E-state index contributed by atoms with van der Waals surface area (Å²) >= 11 is 0. The number of hydrogen-bond acceptors (Lipinski definition) is 6. The summed E-state index contributed by atoms with van der Waals surface area (Å²) < 4.78 is 4.69. The van der Waals surface area contributed by atoms with Gasteiger partial charge in [-0.05, 0) is 26.0 Å². The van der Waals surface area contributed by atoms with Crippen LogP contribution in [0, 0.1) is 5.41 Å². The molecule has 1 aromatic rings. The van der Waals surface area contributed by atoms with Crippen LogP contribution in [-0.2, 0) is 20.9 Å². The predicted molar refractivity (Wildman–Crippen MR) is 61.2 cm³/mol. The van der Waals surface area contributed by atoms with Crippen LogP contribution >= 0.6 is 0 Å². The van der Waals surface area contributed by atoms with E-state index in [0.29, 0.717) is 0 Å². The molecule has 1 N–H and O–H groups in total. The van der Waals surface area contributed by atoms with Crippen LogP contribution in [0.1, 0.15) is 20.8 Å². The molecule has 1 amide bonds. The van der Waals surface area contributed by atoms with Crippen LogP contribution in [0.5, 0.6) is 0 Å². The van der Waals surface area contributed by atoms with Gasteiger partial charge in [-0.3, -0.25) is 9.59 Å². The maximum absolute atomic E-state index is 11.7. The van der Waals surface area contributed by atoms with Crippen molar-refractivity contribution >= 4 is 11.9 Å². The van der Waals surface area contributed by atoms with Crippen molar-refractivity contribution in [3.63, 3.8) is 0 Å². The number of tetrazole rings is 1. The molecule has 8 nitrogen and oxygen atoms in total. The summed E-state index contributed by atoms with van der Waals surface area (Å²) in [6, 6.07) is -0.374. The zero-order valence-electron chi connectivity index (χ0n) is 10.9. The molecule has 0 saturated heterocycles. The summed E-state index contributed by atoms with van der Waals surface area (Å²) in [6.07, 6.45) is 1.25. The molecule has 0 aromatic carbocycles. The van der Waals surface area contributed by atoms with Crippen molar-refractivity contribution in [2.75, 3.05) is 7.11 Å². The van der Waals surface area contributed by atoms with Crippen molar-refractivity contribution in [2.45, 2.75) is 33.4 Å². The fraction of sp³-hybridized carbons (Fsp3) is 0.700. The first-order valence-corrected chi connectivity index (χ1v) is 5.46. The second kappa shape index (κ2) is 5.56. The van der Waals surface area contributed by atoms with E-state index in [1.54, 1.807) is 20.8 Å². The highest BCUT2D eigenvalue weighted by Gasteiger charge is 2.36. The number of amides is 1. The number of esters is 1. The van der Waals surface area contributed by atoms with Gasteiger partial charge in [0.05, 0.1) is 12.5 Å². The van der Waals surface area contributed by atoms with E-state index < -0.39 is 5.41 Å². The fourth-order valence-corrected chi connectivity index (χ4v) is 1.30. The van der Waals surface area contributed by atoms with Crippen molar-refractivity contribution in [3.8, 4) is 0 Å². The molecular weight excluding hydrogens is 238 g/mol. The molecule has 1 heterocycles. The highest BCUT2D eigenvalue weighted by molar-refractivity contribution is 5.80. The van der Waals surface area contributed by atoms with Gasteiger partial charge in [0.2, 0.25) is 5.91 Å². The summed E-state index contributed by atoms with van der Waals surface area (Å²) in [5.74, 6) is -0.674. The van der Waals surface area contributed by atoms with E-state index in [-0.39, 0.29) is 24.5 Å². The SMILES string of the molecule is COC(=O)C(C)(C)[C@H](C)NC(=O)Cn1ncnn1. The second-order valence-corrected chi connectivity index (χ2v) is 4.47. The standard InChI is InChI=1S/C10H17N5O3/c1-7(10(2,3)9(17)18-4)13-8(16)5-15-12-6-11-14-15/h6-7H,5H2,1-4H3,(H,13,16)/t7-/m0/s1. The Morgan fingerprint density at radius 1 is 1.50 bits per heavy atom. The number of carbonyl (C=O) groups is 2. The van der Waals surface area contributed by atoms with E-state index in [9.17, 15) is 9.59 Å². The number of ether oxygens (including phenoxy) is 1. The highest BCUT2D eigenvalue weighted by atomic mass is 16.5. The number of nitrogens with one attached hydrogen (secondary N) is 1. The van der Waals surface area contributed by atoms with Crippen LogP contribution in [0.15, 0.2) is 6.33 Å². The van der Waals surface area contributed by atoms with Gasteiger partial charge in [-0.2, -0.15) is 4.80 Å². The van der Waals surface area contributed by atoms with Gasteiger partial charge < -0.3 is 10.1 Å². The van der Waals surface area contributed by atoms with Crippen molar-refractivity contribution in [3.05, 3.63) is 6.33 Å². The molecule has 0 bridgehead atoms. The third-order valence-corrected chi connectivity index (χ3v) is 2.85. The molecular formula is C10H17N5O3. The molecule has 1 atom stereocenters. The molecule has 0 fully saturated rings. The third-order valence-electron chi connectivity index (χ3n) is 2.85. The normalized spacial score (nSPS) is 12.9. The van der Waals surface area contributed by atoms with Crippen LogP contribution < -0.4 is 5.32 Å². The quantitative estimate of drug-likeness (QED) is 0.704. The number of carbonyl (C=O) groups excluding carboxylic acids is 2. The number of aromatic nitrogens is 4. The predicted octanol–water partition coefficient (Wildman–Crippen LogP) is -0.623. The Balaban J connectivity index is 2.56. The van der Waals surface area contributed by atoms with Crippen LogP contribution in [-0.4, -0.2) is 45.2 Å². The Labute approximate surface area is 105 Å². The molecule has 0 radical (unpaired) electrons. The van der Waals surface area contributed by atoms with E-state index in [1.807, 2.05) is 0 Å². The van der Waals surface area contributed by atoms with Crippen molar-refractivity contribution in [1.82, 2.24) is 25.5 Å². The van der Waals surface area contributed by atoms with Gasteiger partial charge in [0.15, 0.2) is 6.33 Å². The van der Waals surface area contributed by atoms with Gasteiger partial charge in [0.1, 0.15) is 6.54 Å². The van der Waals surface area contributed by atoms with Gasteiger partial charge in [0.25, 0.3) is 0 Å². The average Bonchev–Trinajstić information content (AvgIpc) is 2.80. The van der Waals surface area contributed by atoms with Gasteiger partial charge in [0, 0.05) is 6.04 Å². The smallest absolute Gasteiger partial charge is 0.313 e. The monoisotopic (exact) mass is 255 g/mol. The lowest BCUT2D eigenvalue weighted by atomic mass is 9.85. The lowest BCUT2D eigenvalue weighted by Gasteiger charge is -2.29. The first-order valence-electron chi connectivity index (χ1n) is 5.46. The first-order chi connectivity index (χ1) is 8.37. The third kappa shape index (κ3) is 3.25. The lowest BCUT2D eigenvalue weighted by Crippen LogP contribution is -2.48. The van der Waals surface area contributed by atoms with Gasteiger partial charge in [-0.25, -0.2) is 0 Å². The van der Waals surface area contributed by atoms with E-state index in [4.69, 9.17) is 4.74 Å². The maximum Gasteiger partial charge on any atom is 0.313 e.